The van der Waals surface area contributed by atoms with Gasteiger partial charge in [0.15, 0.2) is 9.84 Å². The highest BCUT2D eigenvalue weighted by molar-refractivity contribution is 7.92. The number of nitrogens with one attached hydrogen (secondary N) is 1. The Labute approximate surface area is 223 Å². The van der Waals surface area contributed by atoms with E-state index in [0.717, 1.165) is 18.2 Å². The summed E-state index contributed by atoms with van der Waals surface area (Å²) in [6.07, 6.45) is -2.61. The van der Waals surface area contributed by atoms with Crippen molar-refractivity contribution in [2.75, 3.05) is 11.4 Å². The average Bonchev–Trinajstić information content (AvgIpc) is 3.32. The molecule has 13 heteroatoms. The first-order valence-corrected chi connectivity index (χ1v) is 13.8. The van der Waals surface area contributed by atoms with E-state index in [1.165, 1.54) is 6.07 Å². The van der Waals surface area contributed by atoms with E-state index in [9.17, 15) is 31.6 Å². The van der Waals surface area contributed by atoms with Gasteiger partial charge in [-0.1, -0.05) is 12.1 Å². The van der Waals surface area contributed by atoms with Gasteiger partial charge in [-0.05, 0) is 57.4 Å². The van der Waals surface area contributed by atoms with Crippen molar-refractivity contribution in [3.8, 4) is 11.8 Å². The number of aromatic nitrogens is 3. The summed E-state index contributed by atoms with van der Waals surface area (Å²) < 4.78 is 70.1. The topological polar surface area (TPSA) is 121 Å². The molecular weight excluding hydrogens is 533 g/mol. The lowest BCUT2D eigenvalue weighted by Crippen LogP contribution is -2.48. The summed E-state index contributed by atoms with van der Waals surface area (Å²) in [6.45, 7) is 3.28. The average molecular weight is 559 g/mol. The van der Waals surface area contributed by atoms with Crippen molar-refractivity contribution in [2.24, 2.45) is 0 Å². The molecule has 1 saturated heterocycles. The van der Waals surface area contributed by atoms with Crippen LogP contribution in [0.1, 0.15) is 36.2 Å². The second-order valence-corrected chi connectivity index (χ2v) is 12.2. The number of aryl methyl sites for hydroxylation is 2. The number of nitriles is 1. The number of alkyl halides is 3. The fraction of sp³-hybridized carbons (Fsp3) is 0.385. The van der Waals surface area contributed by atoms with E-state index in [0.29, 0.717) is 35.7 Å². The number of hydrogen-bond donors (Lipinski definition) is 1. The van der Waals surface area contributed by atoms with Crippen molar-refractivity contribution in [3.63, 3.8) is 0 Å². The molecule has 3 heterocycles. The van der Waals surface area contributed by atoms with Crippen LogP contribution in [0, 0.1) is 25.2 Å². The highest BCUT2D eigenvalue weighted by Crippen LogP contribution is 2.40. The third-order valence-corrected chi connectivity index (χ3v) is 9.25. The lowest BCUT2D eigenvalue weighted by atomic mass is 10.1. The molecule has 1 saturated carbocycles. The van der Waals surface area contributed by atoms with Gasteiger partial charge < -0.3 is 10.2 Å². The first-order chi connectivity index (χ1) is 18.3. The summed E-state index contributed by atoms with van der Waals surface area (Å²) in [7, 11) is -4.52. The number of carbonyl (C=O) groups excluding carboxylic acids is 1. The molecule has 2 aromatic heterocycles. The molecule has 1 N–H and O–H groups in total. The second-order valence-electron chi connectivity index (χ2n) is 9.96. The lowest BCUT2D eigenvalue weighted by molar-refractivity contribution is -0.139. The Kier molecular flexibility index (Phi) is 6.41. The minimum atomic E-state index is -4.88. The van der Waals surface area contributed by atoms with Crippen molar-refractivity contribution in [3.05, 3.63) is 65.6 Å². The number of carbonyl (C=O) groups is 1. The van der Waals surface area contributed by atoms with Crippen molar-refractivity contribution >= 4 is 21.6 Å². The first-order valence-electron chi connectivity index (χ1n) is 12.2. The molecule has 2 aliphatic rings. The zero-order valence-corrected chi connectivity index (χ0v) is 21.9. The normalized spacial score (nSPS) is 20.5. The number of halogens is 3. The van der Waals surface area contributed by atoms with Crippen molar-refractivity contribution in [1.29, 1.82) is 5.26 Å². The fourth-order valence-corrected chi connectivity index (χ4v) is 6.81. The highest BCUT2D eigenvalue weighted by atomic mass is 32.2. The minimum Gasteiger partial charge on any atom is -0.343 e. The molecule has 2 fully saturated rings. The standard InChI is InChI=1S/C26H25F3N6O3S/c1-16-11-18(7-10-31-16)35-23(12-17(2)33-35)34-14-19(13-21(34)24(36)32-25(15-30)8-9-25)39(37,38)22-6-4-3-5-20(22)26(27,28)29/h3-7,10-12,19,21H,8-9,13-14H2,1-2H3,(H,32,36). The van der Waals surface area contributed by atoms with Crippen LogP contribution in [-0.4, -0.2) is 52.5 Å². The Morgan fingerprint density at radius 1 is 1.15 bits per heavy atom. The van der Waals surface area contributed by atoms with Crippen LogP contribution in [-0.2, 0) is 20.8 Å². The number of rotatable bonds is 6. The number of amides is 1. The van der Waals surface area contributed by atoms with E-state index in [-0.39, 0.29) is 13.0 Å². The van der Waals surface area contributed by atoms with Crippen molar-refractivity contribution in [2.45, 2.75) is 61.0 Å². The molecule has 204 valence electrons. The van der Waals surface area contributed by atoms with Gasteiger partial charge in [-0.3, -0.25) is 9.78 Å². The number of benzene rings is 1. The monoisotopic (exact) mass is 558 g/mol. The van der Waals surface area contributed by atoms with Crippen LogP contribution in [0.3, 0.4) is 0 Å². The van der Waals surface area contributed by atoms with E-state index in [1.54, 1.807) is 47.8 Å². The molecule has 2 atom stereocenters. The third-order valence-electron chi connectivity index (χ3n) is 7.06. The number of hydrogen-bond acceptors (Lipinski definition) is 7. The number of nitrogens with zero attached hydrogens (tertiary/aromatic N) is 5. The number of anilines is 1. The maximum atomic E-state index is 13.7. The Hall–Kier alpha value is -3.92. The summed E-state index contributed by atoms with van der Waals surface area (Å²) in [5, 5.41) is 15.4. The van der Waals surface area contributed by atoms with Crippen LogP contribution in [0.5, 0.6) is 0 Å². The van der Waals surface area contributed by atoms with E-state index in [2.05, 4.69) is 21.5 Å². The van der Waals surface area contributed by atoms with Gasteiger partial charge >= 0.3 is 6.18 Å². The highest BCUT2D eigenvalue weighted by Gasteiger charge is 2.50. The van der Waals surface area contributed by atoms with Crippen LogP contribution in [0.25, 0.3) is 5.69 Å². The molecule has 1 aliphatic heterocycles. The smallest absolute Gasteiger partial charge is 0.343 e. The summed E-state index contributed by atoms with van der Waals surface area (Å²) in [6, 6.07) is 10.2. The van der Waals surface area contributed by atoms with Gasteiger partial charge in [-0.15, -0.1) is 0 Å². The van der Waals surface area contributed by atoms with Crippen molar-refractivity contribution < 1.29 is 26.4 Å². The summed E-state index contributed by atoms with van der Waals surface area (Å²) in [4.78, 5) is 18.4. The molecule has 1 aliphatic carbocycles. The molecule has 0 bridgehead atoms. The molecule has 1 amide bonds. The van der Waals surface area contributed by atoms with E-state index in [1.807, 2.05) is 0 Å². The molecule has 9 nitrogen and oxygen atoms in total. The van der Waals surface area contributed by atoms with Crippen LogP contribution in [0.15, 0.2) is 53.6 Å². The van der Waals surface area contributed by atoms with Crippen LogP contribution in [0.2, 0.25) is 0 Å². The predicted octanol–water partition coefficient (Wildman–Crippen LogP) is 3.50. The van der Waals surface area contributed by atoms with E-state index in [4.69, 9.17) is 0 Å². The molecule has 0 spiro atoms. The SMILES string of the molecule is Cc1cc(-n2nc(C)cc2N2CC(S(=O)(=O)c3ccccc3C(F)(F)F)CC2C(=O)NC2(C#N)CC2)ccn1. The van der Waals surface area contributed by atoms with Gasteiger partial charge in [0.1, 0.15) is 17.4 Å². The Morgan fingerprint density at radius 2 is 1.87 bits per heavy atom. The molecular formula is C26H25F3N6O3S. The molecule has 3 aromatic rings. The zero-order chi connectivity index (χ0) is 28.2. The van der Waals surface area contributed by atoms with Crippen LogP contribution < -0.4 is 10.2 Å². The number of pyridine rings is 1. The van der Waals surface area contributed by atoms with Crippen LogP contribution in [0.4, 0.5) is 19.0 Å². The van der Waals surface area contributed by atoms with Gasteiger partial charge in [-0.2, -0.15) is 23.5 Å². The Balaban J connectivity index is 1.58. The Morgan fingerprint density at radius 3 is 2.51 bits per heavy atom. The molecule has 1 aromatic carbocycles. The van der Waals surface area contributed by atoms with E-state index >= 15 is 0 Å². The lowest BCUT2D eigenvalue weighted by Gasteiger charge is -2.27. The molecule has 0 radical (unpaired) electrons. The zero-order valence-electron chi connectivity index (χ0n) is 21.1. The fourth-order valence-electron chi connectivity index (χ4n) is 4.90. The summed E-state index contributed by atoms with van der Waals surface area (Å²) >= 11 is 0. The van der Waals surface area contributed by atoms with Gasteiger partial charge in [-0.25, -0.2) is 13.1 Å². The van der Waals surface area contributed by atoms with Gasteiger partial charge in [0.25, 0.3) is 0 Å². The molecule has 39 heavy (non-hydrogen) atoms. The quantitative estimate of drug-likeness (QED) is 0.492. The largest absolute Gasteiger partial charge is 0.417 e. The number of sulfone groups is 1. The maximum Gasteiger partial charge on any atom is 0.417 e. The first kappa shape index (κ1) is 26.7. The van der Waals surface area contributed by atoms with Gasteiger partial charge in [0.2, 0.25) is 5.91 Å². The summed E-state index contributed by atoms with van der Waals surface area (Å²) in [5.74, 6) is -0.158. The minimum absolute atomic E-state index is 0.249. The maximum absolute atomic E-state index is 13.7. The Bertz CT molecular complexity index is 1590. The summed E-state index contributed by atoms with van der Waals surface area (Å²) in [5.41, 5.74) is -0.353. The molecule has 5 rings (SSSR count). The molecule has 2 unspecified atom stereocenters. The van der Waals surface area contributed by atoms with Gasteiger partial charge in [0, 0.05) is 24.5 Å². The van der Waals surface area contributed by atoms with Gasteiger partial charge in [0.05, 0.1) is 33.2 Å². The van der Waals surface area contributed by atoms with Crippen molar-refractivity contribution in [1.82, 2.24) is 20.1 Å². The third kappa shape index (κ3) is 4.96. The predicted molar refractivity (Wildman–Crippen MR) is 135 cm³/mol. The second kappa shape index (κ2) is 9.37. The van der Waals surface area contributed by atoms with Crippen LogP contribution >= 0.6 is 0 Å². The van der Waals surface area contributed by atoms with E-state index < -0.39 is 49.2 Å².